The van der Waals surface area contributed by atoms with Gasteiger partial charge >= 0.3 is 0 Å². The smallest absolute Gasteiger partial charge is 0.209 e. The Hall–Kier alpha value is -1.51. The van der Waals surface area contributed by atoms with Crippen LogP contribution in [-0.4, -0.2) is 24.8 Å². The summed E-state index contributed by atoms with van der Waals surface area (Å²) in [5, 5.41) is 11.2. The van der Waals surface area contributed by atoms with Crippen molar-refractivity contribution in [2.24, 2.45) is 0 Å². The molecule has 0 bridgehead atoms. The molecule has 2 aromatic heterocycles. The molecule has 0 amide bonds. The lowest BCUT2D eigenvalue weighted by molar-refractivity contribution is 0.630. The number of halogens is 2. The average Bonchev–Trinajstić information content (AvgIpc) is 3.06. The maximum Gasteiger partial charge on any atom is 0.209 e. The van der Waals surface area contributed by atoms with Crippen molar-refractivity contribution in [2.45, 2.75) is 10.9 Å². The zero-order valence-corrected chi connectivity index (χ0v) is 12.3. The Bertz CT molecular complexity index is 729. The Morgan fingerprint density at radius 1 is 1.35 bits per heavy atom. The first-order chi connectivity index (χ1) is 9.74. The predicted molar refractivity (Wildman–Crippen MR) is 76.3 cm³/mol. The first kappa shape index (κ1) is 13.5. The summed E-state index contributed by atoms with van der Waals surface area (Å²) in [5.74, 6) is 0.573. The van der Waals surface area contributed by atoms with E-state index in [9.17, 15) is 4.39 Å². The molecule has 9 heteroatoms. The second kappa shape index (κ2) is 5.86. The van der Waals surface area contributed by atoms with Crippen molar-refractivity contribution in [3.05, 3.63) is 40.1 Å². The topological polar surface area (TPSA) is 67.3 Å². The number of H-pyrrole nitrogens is 1. The van der Waals surface area contributed by atoms with Crippen LogP contribution in [0.25, 0.3) is 11.4 Å². The Morgan fingerprint density at radius 2 is 2.20 bits per heavy atom. The number of aromatic nitrogens is 5. The number of aromatic amines is 1. The summed E-state index contributed by atoms with van der Waals surface area (Å²) in [4.78, 5) is 4.24. The standard InChI is InChI=1S/C11H7ClFN5S2/c12-9-8(15-18-20-9)5-19-11-14-10(16-17-11)6-3-1-2-4-7(6)13/h1-4H,5H2,(H,14,16,17). The Balaban J connectivity index is 1.74. The summed E-state index contributed by atoms with van der Waals surface area (Å²) < 4.78 is 17.9. The van der Waals surface area contributed by atoms with Crippen LogP contribution < -0.4 is 0 Å². The van der Waals surface area contributed by atoms with E-state index in [2.05, 4.69) is 24.8 Å². The van der Waals surface area contributed by atoms with Gasteiger partial charge in [0, 0.05) is 17.3 Å². The van der Waals surface area contributed by atoms with E-state index >= 15 is 0 Å². The highest BCUT2D eigenvalue weighted by Crippen LogP contribution is 2.26. The molecule has 0 aliphatic rings. The van der Waals surface area contributed by atoms with E-state index in [0.29, 0.717) is 32.3 Å². The van der Waals surface area contributed by atoms with Crippen LogP contribution in [-0.2, 0) is 5.75 Å². The van der Waals surface area contributed by atoms with E-state index in [1.165, 1.54) is 17.8 Å². The molecule has 2 heterocycles. The molecule has 0 aliphatic carbocycles. The highest BCUT2D eigenvalue weighted by atomic mass is 35.5. The third-order valence-electron chi connectivity index (χ3n) is 2.44. The number of benzene rings is 1. The summed E-state index contributed by atoms with van der Waals surface area (Å²) in [5.41, 5.74) is 1.08. The molecular formula is C11H7ClFN5S2. The quantitative estimate of drug-likeness (QED) is 0.744. The van der Waals surface area contributed by atoms with Gasteiger partial charge in [-0.2, -0.15) is 0 Å². The molecule has 3 aromatic rings. The van der Waals surface area contributed by atoms with Crippen LogP contribution in [0.15, 0.2) is 29.4 Å². The molecule has 0 saturated heterocycles. The highest BCUT2D eigenvalue weighted by molar-refractivity contribution is 7.98. The molecule has 1 aromatic carbocycles. The monoisotopic (exact) mass is 327 g/mol. The molecular weight excluding hydrogens is 321 g/mol. The molecule has 20 heavy (non-hydrogen) atoms. The minimum atomic E-state index is -0.341. The molecule has 5 nitrogen and oxygen atoms in total. The number of nitrogens with one attached hydrogen (secondary N) is 1. The third-order valence-corrected chi connectivity index (χ3v) is 4.28. The second-order valence-corrected chi connectivity index (χ2v) is 6.03. The maximum absolute atomic E-state index is 13.6. The van der Waals surface area contributed by atoms with E-state index in [-0.39, 0.29) is 5.82 Å². The van der Waals surface area contributed by atoms with Crippen molar-refractivity contribution in [3.8, 4) is 11.4 Å². The molecule has 0 unspecified atom stereocenters. The third kappa shape index (κ3) is 2.82. The summed E-state index contributed by atoms with van der Waals surface area (Å²) in [6.45, 7) is 0. The van der Waals surface area contributed by atoms with E-state index in [1.807, 2.05) is 0 Å². The van der Waals surface area contributed by atoms with Crippen LogP contribution in [0.2, 0.25) is 4.34 Å². The van der Waals surface area contributed by atoms with Gasteiger partial charge in [-0.05, 0) is 12.1 Å². The number of rotatable bonds is 4. The summed E-state index contributed by atoms with van der Waals surface area (Å²) in [6, 6.07) is 6.40. The van der Waals surface area contributed by atoms with Crippen molar-refractivity contribution in [2.75, 3.05) is 0 Å². The molecule has 0 aliphatic heterocycles. The van der Waals surface area contributed by atoms with E-state index in [1.54, 1.807) is 18.2 Å². The fourth-order valence-electron chi connectivity index (χ4n) is 1.50. The van der Waals surface area contributed by atoms with E-state index < -0.39 is 0 Å². The zero-order valence-electron chi connectivity index (χ0n) is 9.88. The van der Waals surface area contributed by atoms with Crippen LogP contribution >= 0.6 is 34.9 Å². The van der Waals surface area contributed by atoms with Crippen molar-refractivity contribution in [1.82, 2.24) is 24.8 Å². The largest absolute Gasteiger partial charge is 0.258 e. The second-order valence-electron chi connectivity index (χ2n) is 3.73. The van der Waals surface area contributed by atoms with Gasteiger partial charge in [0.25, 0.3) is 0 Å². The number of nitrogens with zero attached hydrogens (tertiary/aromatic N) is 4. The van der Waals surface area contributed by atoms with E-state index in [0.717, 1.165) is 11.5 Å². The Kier molecular flexibility index (Phi) is 3.95. The highest BCUT2D eigenvalue weighted by Gasteiger charge is 2.12. The first-order valence-corrected chi connectivity index (χ1v) is 7.64. The van der Waals surface area contributed by atoms with Crippen molar-refractivity contribution >= 4 is 34.9 Å². The molecule has 0 radical (unpaired) electrons. The maximum atomic E-state index is 13.6. The van der Waals surface area contributed by atoms with Gasteiger partial charge in [0.1, 0.15) is 15.8 Å². The van der Waals surface area contributed by atoms with Gasteiger partial charge < -0.3 is 0 Å². The minimum absolute atomic E-state index is 0.341. The molecule has 0 fully saturated rings. The molecule has 3 rings (SSSR count). The molecule has 0 atom stereocenters. The van der Waals surface area contributed by atoms with Gasteiger partial charge in [-0.15, -0.1) is 10.2 Å². The minimum Gasteiger partial charge on any atom is -0.258 e. The molecule has 0 spiro atoms. The zero-order chi connectivity index (χ0) is 13.9. The van der Waals surface area contributed by atoms with Gasteiger partial charge in [0.2, 0.25) is 5.16 Å². The fraction of sp³-hybridized carbons (Fsp3) is 0.0909. The average molecular weight is 328 g/mol. The van der Waals surface area contributed by atoms with Gasteiger partial charge in [0.05, 0.1) is 5.56 Å². The van der Waals surface area contributed by atoms with Crippen LogP contribution in [0, 0.1) is 5.82 Å². The van der Waals surface area contributed by atoms with Crippen LogP contribution in [0.3, 0.4) is 0 Å². The summed E-state index contributed by atoms with van der Waals surface area (Å²) in [6.07, 6.45) is 0. The Morgan fingerprint density at radius 3 is 2.95 bits per heavy atom. The molecule has 1 N–H and O–H groups in total. The lowest BCUT2D eigenvalue weighted by Crippen LogP contribution is -1.86. The van der Waals surface area contributed by atoms with Crippen LogP contribution in [0.5, 0.6) is 0 Å². The SMILES string of the molecule is Fc1ccccc1-c1nc(SCc2nnsc2Cl)n[nH]1. The van der Waals surface area contributed by atoms with Gasteiger partial charge in [-0.25, -0.2) is 9.37 Å². The number of hydrogen-bond donors (Lipinski definition) is 1. The van der Waals surface area contributed by atoms with Crippen LogP contribution in [0.4, 0.5) is 4.39 Å². The fourth-order valence-corrected chi connectivity index (χ4v) is 3.03. The first-order valence-electron chi connectivity index (χ1n) is 5.51. The number of hydrogen-bond acceptors (Lipinski definition) is 6. The molecule has 102 valence electrons. The van der Waals surface area contributed by atoms with Crippen molar-refractivity contribution in [1.29, 1.82) is 0 Å². The van der Waals surface area contributed by atoms with Gasteiger partial charge in [0.15, 0.2) is 5.82 Å². The van der Waals surface area contributed by atoms with Crippen molar-refractivity contribution < 1.29 is 4.39 Å². The Labute approximate surface area is 126 Å². The summed E-state index contributed by atoms with van der Waals surface area (Å²) >= 11 is 8.40. The summed E-state index contributed by atoms with van der Waals surface area (Å²) in [7, 11) is 0. The lowest BCUT2D eigenvalue weighted by Gasteiger charge is -1.96. The van der Waals surface area contributed by atoms with Gasteiger partial charge in [-0.3, -0.25) is 5.10 Å². The predicted octanol–water partition coefficient (Wildman–Crippen LogP) is 3.41. The lowest BCUT2D eigenvalue weighted by atomic mass is 10.2. The van der Waals surface area contributed by atoms with E-state index in [4.69, 9.17) is 11.6 Å². The van der Waals surface area contributed by atoms with Crippen LogP contribution in [0.1, 0.15) is 5.69 Å². The molecule has 0 saturated carbocycles. The van der Waals surface area contributed by atoms with Gasteiger partial charge in [-0.1, -0.05) is 40.0 Å². The van der Waals surface area contributed by atoms with Crippen molar-refractivity contribution in [3.63, 3.8) is 0 Å². The number of thioether (sulfide) groups is 1. The normalized spacial score (nSPS) is 10.9.